The van der Waals surface area contributed by atoms with Crippen LogP contribution in [0.5, 0.6) is 5.75 Å². The van der Waals surface area contributed by atoms with Crippen molar-refractivity contribution >= 4 is 6.47 Å². The number of halogens is 3. The minimum Gasteiger partial charge on any atom is -0.468 e. The lowest BCUT2D eigenvalue weighted by Gasteiger charge is -2.03. The highest BCUT2D eigenvalue weighted by molar-refractivity contribution is 5.36. The van der Waals surface area contributed by atoms with E-state index in [2.05, 4.69) is 14.5 Å². The van der Waals surface area contributed by atoms with Crippen molar-refractivity contribution in [3.8, 4) is 5.75 Å². The Morgan fingerprint density at radius 3 is 2.62 bits per heavy atom. The molecule has 0 atom stereocenters. The molecule has 0 fully saturated rings. The van der Waals surface area contributed by atoms with Crippen LogP contribution >= 0.6 is 0 Å². The maximum Gasteiger partial charge on any atom is 0.387 e. The number of carbonyl (C=O) groups excluding carboxylic acids is 1. The zero-order valence-electron chi connectivity index (χ0n) is 8.40. The van der Waals surface area contributed by atoms with Crippen LogP contribution in [-0.2, 0) is 9.53 Å². The average molecular weight is 237 g/mol. The maximum absolute atomic E-state index is 12.4. The number of aromatic nitrogens is 1. The van der Waals surface area contributed by atoms with Crippen molar-refractivity contribution < 1.29 is 27.4 Å². The summed E-state index contributed by atoms with van der Waals surface area (Å²) in [5.41, 5.74) is 0. The highest BCUT2D eigenvalue weighted by Crippen LogP contribution is 2.16. The van der Waals surface area contributed by atoms with Crippen LogP contribution in [0.25, 0.3) is 0 Å². The Kier molecular flexibility index (Phi) is 7.56. The van der Waals surface area contributed by atoms with Crippen LogP contribution in [0.4, 0.5) is 13.2 Å². The van der Waals surface area contributed by atoms with Crippen molar-refractivity contribution in [3.05, 3.63) is 24.3 Å². The predicted octanol–water partition coefficient (Wildman–Crippen LogP) is 2.00. The molecule has 0 aliphatic heterocycles. The second kappa shape index (κ2) is 8.51. The summed E-state index contributed by atoms with van der Waals surface area (Å²) in [5.74, 6) is -1.39. The molecular formula is C9H10F3NO3. The van der Waals surface area contributed by atoms with E-state index in [1.165, 1.54) is 6.20 Å². The van der Waals surface area contributed by atoms with Crippen molar-refractivity contribution in [3.63, 3.8) is 0 Å². The maximum atomic E-state index is 12.4. The van der Waals surface area contributed by atoms with Crippen LogP contribution in [0.2, 0.25) is 0 Å². The monoisotopic (exact) mass is 237 g/mol. The van der Waals surface area contributed by atoms with Gasteiger partial charge < -0.3 is 9.47 Å². The summed E-state index contributed by atoms with van der Waals surface area (Å²) in [5, 5.41) is 0. The van der Waals surface area contributed by atoms with Gasteiger partial charge in [-0.15, -0.1) is 0 Å². The molecule has 4 nitrogen and oxygen atoms in total. The highest BCUT2D eigenvalue weighted by atomic mass is 19.3. The predicted molar refractivity (Wildman–Crippen MR) is 48.5 cm³/mol. The molecule has 0 N–H and O–H groups in total. The molecular weight excluding hydrogens is 227 g/mol. The lowest BCUT2D eigenvalue weighted by molar-refractivity contribution is -0.128. The fourth-order valence-electron chi connectivity index (χ4n) is 0.622. The number of hydrogen-bond donors (Lipinski definition) is 0. The molecule has 0 aliphatic rings. The van der Waals surface area contributed by atoms with Gasteiger partial charge >= 0.3 is 6.61 Å². The van der Waals surface area contributed by atoms with E-state index in [1.807, 2.05) is 0 Å². The van der Waals surface area contributed by atoms with Gasteiger partial charge in [0.2, 0.25) is 0 Å². The van der Waals surface area contributed by atoms with Crippen LogP contribution in [0.15, 0.2) is 18.5 Å². The van der Waals surface area contributed by atoms with Gasteiger partial charge in [-0.1, -0.05) is 0 Å². The number of nitrogens with zero attached hydrogens (tertiary/aromatic N) is 1. The summed E-state index contributed by atoms with van der Waals surface area (Å²) in [6.45, 7) is -0.343. The molecule has 1 aromatic rings. The number of ether oxygens (including phenoxy) is 2. The molecule has 0 saturated carbocycles. The molecule has 0 spiro atoms. The van der Waals surface area contributed by atoms with Gasteiger partial charge in [-0.25, -0.2) is 4.39 Å². The molecule has 1 rings (SSSR count). The second-order valence-corrected chi connectivity index (χ2v) is 2.24. The summed E-state index contributed by atoms with van der Waals surface area (Å²) >= 11 is 0. The van der Waals surface area contributed by atoms with Crippen molar-refractivity contribution in [2.24, 2.45) is 0 Å². The van der Waals surface area contributed by atoms with Crippen LogP contribution in [0, 0.1) is 5.82 Å². The first-order chi connectivity index (χ1) is 7.61. The van der Waals surface area contributed by atoms with Crippen LogP contribution in [-0.4, -0.2) is 24.7 Å². The Labute approximate surface area is 90.0 Å². The Morgan fingerprint density at radius 2 is 2.25 bits per heavy atom. The molecule has 7 heteroatoms. The van der Waals surface area contributed by atoms with Gasteiger partial charge in [0.15, 0.2) is 11.6 Å². The van der Waals surface area contributed by atoms with E-state index in [1.54, 1.807) is 6.92 Å². The van der Waals surface area contributed by atoms with Crippen LogP contribution in [0.3, 0.4) is 0 Å². The lowest BCUT2D eigenvalue weighted by atomic mass is 10.4. The minimum atomic E-state index is -3.01. The molecule has 0 amide bonds. The topological polar surface area (TPSA) is 48.4 Å². The molecule has 1 aromatic heterocycles. The molecule has 0 bridgehead atoms. The van der Waals surface area contributed by atoms with E-state index in [0.29, 0.717) is 13.1 Å². The fourth-order valence-corrected chi connectivity index (χ4v) is 0.622. The van der Waals surface area contributed by atoms with E-state index in [0.717, 1.165) is 12.3 Å². The normalized spacial score (nSPS) is 9.06. The standard InChI is InChI=1S/C6H4F3NO.C3H6O2/c7-4-3-10-2-1-5(4)11-6(8)9;1-2-5-3-4/h1-3,6H;3H,2H2,1H3. The van der Waals surface area contributed by atoms with Crippen molar-refractivity contribution in [2.75, 3.05) is 6.61 Å². The Morgan fingerprint density at radius 1 is 1.56 bits per heavy atom. The molecule has 16 heavy (non-hydrogen) atoms. The van der Waals surface area contributed by atoms with Gasteiger partial charge in [-0.2, -0.15) is 8.78 Å². The first-order valence-electron chi connectivity index (χ1n) is 4.21. The summed E-state index contributed by atoms with van der Waals surface area (Å²) in [7, 11) is 0. The van der Waals surface area contributed by atoms with E-state index in [4.69, 9.17) is 0 Å². The van der Waals surface area contributed by atoms with Crippen molar-refractivity contribution in [2.45, 2.75) is 13.5 Å². The summed E-state index contributed by atoms with van der Waals surface area (Å²) in [6, 6.07) is 1.03. The Balaban J connectivity index is 0.000000385. The SMILES string of the molecule is CCOC=O.Fc1cnccc1OC(F)F. The zero-order valence-corrected chi connectivity index (χ0v) is 8.40. The number of alkyl halides is 2. The third kappa shape index (κ3) is 6.63. The average Bonchev–Trinajstić information content (AvgIpc) is 2.23. The van der Waals surface area contributed by atoms with Gasteiger partial charge in [-0.3, -0.25) is 9.78 Å². The molecule has 0 aromatic carbocycles. The van der Waals surface area contributed by atoms with Gasteiger partial charge in [0.25, 0.3) is 6.47 Å². The lowest BCUT2D eigenvalue weighted by Crippen LogP contribution is -2.03. The summed E-state index contributed by atoms with van der Waals surface area (Å²) in [4.78, 5) is 12.5. The van der Waals surface area contributed by atoms with E-state index < -0.39 is 18.2 Å². The number of pyridine rings is 1. The first kappa shape index (κ1) is 14.2. The zero-order chi connectivity index (χ0) is 12.4. The first-order valence-corrected chi connectivity index (χ1v) is 4.21. The molecule has 0 saturated heterocycles. The van der Waals surface area contributed by atoms with Gasteiger partial charge in [0.1, 0.15) is 0 Å². The van der Waals surface area contributed by atoms with E-state index in [9.17, 15) is 18.0 Å². The van der Waals surface area contributed by atoms with Gasteiger partial charge in [0, 0.05) is 12.3 Å². The third-order valence-corrected chi connectivity index (χ3v) is 1.19. The largest absolute Gasteiger partial charge is 0.468 e. The van der Waals surface area contributed by atoms with E-state index >= 15 is 0 Å². The van der Waals surface area contributed by atoms with Crippen molar-refractivity contribution in [1.29, 1.82) is 0 Å². The summed E-state index contributed by atoms with van der Waals surface area (Å²) < 4.78 is 43.4. The Bertz CT molecular complexity index is 310. The number of carbonyl (C=O) groups is 1. The molecule has 0 aliphatic carbocycles. The minimum absolute atomic E-state index is 0.431. The molecule has 0 unspecified atom stereocenters. The van der Waals surface area contributed by atoms with E-state index in [-0.39, 0.29) is 0 Å². The van der Waals surface area contributed by atoms with Crippen LogP contribution < -0.4 is 4.74 Å². The van der Waals surface area contributed by atoms with Crippen molar-refractivity contribution in [1.82, 2.24) is 4.98 Å². The molecule has 1 heterocycles. The molecule has 90 valence electrons. The quantitative estimate of drug-likeness (QED) is 0.751. The Hall–Kier alpha value is -1.79. The number of hydrogen-bond acceptors (Lipinski definition) is 4. The van der Waals surface area contributed by atoms with Crippen LogP contribution in [0.1, 0.15) is 6.92 Å². The van der Waals surface area contributed by atoms with Gasteiger partial charge in [0.05, 0.1) is 12.8 Å². The fraction of sp³-hybridized carbons (Fsp3) is 0.333. The third-order valence-electron chi connectivity index (χ3n) is 1.19. The smallest absolute Gasteiger partial charge is 0.387 e. The second-order valence-electron chi connectivity index (χ2n) is 2.24. The molecule has 0 radical (unpaired) electrons. The van der Waals surface area contributed by atoms with Gasteiger partial charge in [-0.05, 0) is 6.92 Å². The summed E-state index contributed by atoms with van der Waals surface area (Å²) in [6.07, 6.45) is 1.97. The number of rotatable bonds is 4. The highest BCUT2D eigenvalue weighted by Gasteiger charge is 2.07.